The molecule has 6 heteroatoms. The van der Waals surface area contributed by atoms with Crippen molar-refractivity contribution < 1.29 is 19.4 Å². The van der Waals surface area contributed by atoms with Gasteiger partial charge in [-0.3, -0.25) is 0 Å². The number of carboxylic acid groups (broad SMARTS) is 1. The molecule has 1 amide bonds. The van der Waals surface area contributed by atoms with Gasteiger partial charge in [-0.15, -0.1) is 0 Å². The molecule has 0 radical (unpaired) electrons. The van der Waals surface area contributed by atoms with Gasteiger partial charge in [-0.05, 0) is 51.8 Å². The highest BCUT2D eigenvalue weighted by Crippen LogP contribution is 2.37. The molecule has 0 spiro atoms. The van der Waals surface area contributed by atoms with Gasteiger partial charge in [0, 0.05) is 24.8 Å². The van der Waals surface area contributed by atoms with Crippen LogP contribution in [0.15, 0.2) is 18.2 Å². The summed E-state index contributed by atoms with van der Waals surface area (Å²) >= 11 is 0. The second kappa shape index (κ2) is 5.69. The normalized spacial score (nSPS) is 22.8. The lowest BCUT2D eigenvalue weighted by molar-refractivity contribution is 0.0192. The van der Waals surface area contributed by atoms with Crippen molar-refractivity contribution in [1.29, 1.82) is 0 Å². The standard InChI is InChI=1S/C18H24N2O4/c1-11-9-19(17(23)24-18(2,3)4)10-14-7-12-5-6-13(16(21)22)8-15(12)20(11)14/h5-6,8,11,14H,7,9-10H2,1-4H3,(H,21,22). The third kappa shape index (κ3) is 3.05. The lowest BCUT2D eigenvalue weighted by Crippen LogP contribution is -2.58. The Hall–Kier alpha value is -2.24. The number of hydrogen-bond donors (Lipinski definition) is 1. The first-order valence-corrected chi connectivity index (χ1v) is 8.28. The van der Waals surface area contributed by atoms with Crippen molar-refractivity contribution in [3.8, 4) is 0 Å². The van der Waals surface area contributed by atoms with Gasteiger partial charge in [0.2, 0.25) is 0 Å². The average molecular weight is 332 g/mol. The maximum atomic E-state index is 12.4. The molecule has 24 heavy (non-hydrogen) atoms. The fraction of sp³-hybridized carbons (Fsp3) is 0.556. The van der Waals surface area contributed by atoms with Crippen molar-refractivity contribution >= 4 is 17.7 Å². The van der Waals surface area contributed by atoms with Crippen LogP contribution >= 0.6 is 0 Å². The third-order valence-corrected chi connectivity index (χ3v) is 4.50. The van der Waals surface area contributed by atoms with E-state index in [0.717, 1.165) is 17.7 Å². The predicted molar refractivity (Wildman–Crippen MR) is 90.6 cm³/mol. The van der Waals surface area contributed by atoms with Crippen LogP contribution < -0.4 is 4.90 Å². The molecule has 2 aliphatic rings. The van der Waals surface area contributed by atoms with E-state index in [0.29, 0.717) is 18.7 Å². The summed E-state index contributed by atoms with van der Waals surface area (Å²) in [5.74, 6) is -0.915. The second-order valence-corrected chi connectivity index (χ2v) is 7.65. The molecule has 0 aliphatic carbocycles. The van der Waals surface area contributed by atoms with Crippen LogP contribution in [0.2, 0.25) is 0 Å². The number of rotatable bonds is 1. The molecule has 0 saturated carbocycles. The van der Waals surface area contributed by atoms with Crippen molar-refractivity contribution in [2.45, 2.75) is 51.8 Å². The Balaban J connectivity index is 1.80. The zero-order valence-electron chi connectivity index (χ0n) is 14.6. The van der Waals surface area contributed by atoms with Gasteiger partial charge in [-0.2, -0.15) is 0 Å². The van der Waals surface area contributed by atoms with Gasteiger partial charge >= 0.3 is 12.1 Å². The Morgan fingerprint density at radius 2 is 1.96 bits per heavy atom. The number of carboxylic acids is 1. The molecule has 1 N–H and O–H groups in total. The number of nitrogens with zero attached hydrogens (tertiary/aromatic N) is 2. The van der Waals surface area contributed by atoms with Crippen LogP contribution in [0.3, 0.4) is 0 Å². The van der Waals surface area contributed by atoms with Gasteiger partial charge in [0.15, 0.2) is 0 Å². The number of ether oxygens (including phenoxy) is 1. The summed E-state index contributed by atoms with van der Waals surface area (Å²) in [5, 5.41) is 9.21. The summed E-state index contributed by atoms with van der Waals surface area (Å²) in [7, 11) is 0. The molecule has 3 rings (SSSR count). The molecule has 1 saturated heterocycles. The fourth-order valence-electron chi connectivity index (χ4n) is 3.62. The molecule has 130 valence electrons. The van der Waals surface area contributed by atoms with E-state index < -0.39 is 11.6 Å². The predicted octanol–water partition coefficient (Wildman–Crippen LogP) is 2.76. The topological polar surface area (TPSA) is 70.1 Å². The number of amides is 1. The molecule has 1 aromatic rings. The third-order valence-electron chi connectivity index (χ3n) is 4.50. The molecule has 1 fully saturated rings. The smallest absolute Gasteiger partial charge is 0.410 e. The van der Waals surface area contributed by atoms with Crippen molar-refractivity contribution in [2.75, 3.05) is 18.0 Å². The van der Waals surface area contributed by atoms with Crippen molar-refractivity contribution in [2.24, 2.45) is 0 Å². The highest BCUT2D eigenvalue weighted by Gasteiger charge is 2.40. The SMILES string of the molecule is CC1CN(C(=O)OC(C)(C)C)CC2Cc3ccc(C(=O)O)cc3N12. The Morgan fingerprint density at radius 3 is 2.58 bits per heavy atom. The number of carbonyl (C=O) groups excluding carboxylic acids is 1. The molecule has 2 aliphatic heterocycles. The first kappa shape index (κ1) is 16.6. The number of piperazine rings is 1. The number of aromatic carboxylic acids is 1. The van der Waals surface area contributed by atoms with Crippen molar-refractivity contribution in [1.82, 2.24) is 4.90 Å². The Bertz CT molecular complexity index is 680. The number of benzene rings is 1. The van der Waals surface area contributed by atoms with E-state index in [1.165, 1.54) is 0 Å². The summed E-state index contributed by atoms with van der Waals surface area (Å²) in [4.78, 5) is 27.6. The largest absolute Gasteiger partial charge is 0.478 e. The summed E-state index contributed by atoms with van der Waals surface area (Å²) in [5.41, 5.74) is 1.92. The molecular formula is C18H24N2O4. The van der Waals surface area contributed by atoms with Crippen LogP contribution in [0.1, 0.15) is 43.6 Å². The number of hydrogen-bond acceptors (Lipinski definition) is 4. The molecular weight excluding hydrogens is 308 g/mol. The Labute approximate surface area is 142 Å². The quantitative estimate of drug-likeness (QED) is 0.856. The van der Waals surface area contributed by atoms with Crippen LogP contribution in [0.5, 0.6) is 0 Å². The van der Waals surface area contributed by atoms with Crippen molar-refractivity contribution in [3.63, 3.8) is 0 Å². The summed E-state index contributed by atoms with van der Waals surface area (Å²) in [6.45, 7) is 8.82. The van der Waals surface area contributed by atoms with Crippen molar-refractivity contribution in [3.05, 3.63) is 29.3 Å². The molecule has 6 nitrogen and oxygen atoms in total. The second-order valence-electron chi connectivity index (χ2n) is 7.65. The maximum Gasteiger partial charge on any atom is 0.410 e. The Kier molecular flexibility index (Phi) is 3.94. The van der Waals surface area contributed by atoms with E-state index in [4.69, 9.17) is 4.74 Å². The van der Waals surface area contributed by atoms with Gasteiger partial charge in [-0.25, -0.2) is 9.59 Å². The van der Waals surface area contributed by atoms with Gasteiger partial charge in [0.1, 0.15) is 5.60 Å². The van der Waals surface area contributed by atoms with Crippen LogP contribution in [0, 0.1) is 0 Å². The zero-order chi connectivity index (χ0) is 17.6. The van der Waals surface area contributed by atoms with E-state index in [9.17, 15) is 14.7 Å². The van der Waals surface area contributed by atoms with E-state index in [-0.39, 0.29) is 18.2 Å². The van der Waals surface area contributed by atoms with Crippen LogP contribution in [0.25, 0.3) is 0 Å². The first-order chi connectivity index (χ1) is 11.2. The van der Waals surface area contributed by atoms with Crippen LogP contribution in [0.4, 0.5) is 10.5 Å². The van der Waals surface area contributed by atoms with Gasteiger partial charge in [0.05, 0.1) is 11.6 Å². The van der Waals surface area contributed by atoms with E-state index in [1.54, 1.807) is 17.0 Å². The number of anilines is 1. The molecule has 2 atom stereocenters. The summed E-state index contributed by atoms with van der Waals surface area (Å²) in [6, 6.07) is 5.57. The minimum absolute atomic E-state index is 0.113. The lowest BCUT2D eigenvalue weighted by atomic mass is 10.1. The number of fused-ring (bicyclic) bond motifs is 3. The summed E-state index contributed by atoms with van der Waals surface area (Å²) < 4.78 is 5.49. The van der Waals surface area contributed by atoms with E-state index in [1.807, 2.05) is 26.8 Å². The monoisotopic (exact) mass is 332 g/mol. The lowest BCUT2D eigenvalue weighted by Gasteiger charge is -2.44. The fourth-order valence-corrected chi connectivity index (χ4v) is 3.62. The zero-order valence-corrected chi connectivity index (χ0v) is 14.6. The maximum absolute atomic E-state index is 12.4. The average Bonchev–Trinajstić information content (AvgIpc) is 2.82. The number of carbonyl (C=O) groups is 2. The van der Waals surface area contributed by atoms with E-state index in [2.05, 4.69) is 11.8 Å². The highest BCUT2D eigenvalue weighted by molar-refractivity contribution is 5.89. The van der Waals surface area contributed by atoms with Crippen LogP contribution in [-0.2, 0) is 11.2 Å². The molecule has 2 heterocycles. The molecule has 1 aromatic carbocycles. The van der Waals surface area contributed by atoms with Crippen LogP contribution in [-0.4, -0.2) is 52.8 Å². The van der Waals surface area contributed by atoms with Gasteiger partial charge in [-0.1, -0.05) is 6.07 Å². The minimum atomic E-state index is -0.915. The van der Waals surface area contributed by atoms with E-state index >= 15 is 0 Å². The highest BCUT2D eigenvalue weighted by atomic mass is 16.6. The minimum Gasteiger partial charge on any atom is -0.478 e. The molecule has 0 aromatic heterocycles. The molecule has 2 unspecified atom stereocenters. The Morgan fingerprint density at radius 1 is 1.25 bits per heavy atom. The van der Waals surface area contributed by atoms with Gasteiger partial charge < -0.3 is 19.6 Å². The first-order valence-electron chi connectivity index (χ1n) is 8.28. The summed E-state index contributed by atoms with van der Waals surface area (Å²) in [6.07, 6.45) is 0.537. The van der Waals surface area contributed by atoms with Gasteiger partial charge in [0.25, 0.3) is 0 Å². The molecule has 0 bridgehead atoms.